The lowest BCUT2D eigenvalue weighted by molar-refractivity contribution is -0.385. The molecule has 4 rings (SSSR count). The number of likely N-dealkylation sites (tertiary alicyclic amines) is 2. The number of nitro groups is 2. The minimum atomic E-state index is -1.22. The maximum atomic E-state index is 13.3. The number of methoxy groups -OCH3 is 4. The van der Waals surface area contributed by atoms with Crippen LogP contribution in [0.1, 0.15) is 52.8 Å². The Morgan fingerprint density at radius 3 is 1.34 bits per heavy atom. The fraction of sp³-hybridized carbons (Fsp3) is 0.455. The van der Waals surface area contributed by atoms with Crippen LogP contribution in [0.2, 0.25) is 0 Å². The van der Waals surface area contributed by atoms with Crippen LogP contribution in [0.25, 0.3) is 0 Å². The molecule has 2 unspecified atom stereocenters. The van der Waals surface area contributed by atoms with E-state index in [0.29, 0.717) is 19.3 Å². The Morgan fingerprint density at radius 1 is 0.642 bits per heavy atom. The molecule has 53 heavy (non-hydrogen) atoms. The molecular formula is C33H36N4O16. The summed E-state index contributed by atoms with van der Waals surface area (Å²) < 4.78 is 31.4. The van der Waals surface area contributed by atoms with Crippen molar-refractivity contribution in [3.05, 3.63) is 55.6 Å². The summed E-state index contributed by atoms with van der Waals surface area (Å²) in [4.78, 5) is 99.1. The van der Waals surface area contributed by atoms with Gasteiger partial charge in [0.15, 0.2) is 34.6 Å². The van der Waals surface area contributed by atoms with Gasteiger partial charge in [-0.25, -0.2) is 9.59 Å². The monoisotopic (exact) mass is 744 g/mol. The van der Waals surface area contributed by atoms with Crippen LogP contribution < -0.4 is 18.9 Å². The van der Waals surface area contributed by atoms with E-state index in [-0.39, 0.29) is 49.1 Å². The van der Waals surface area contributed by atoms with Crippen LogP contribution in [0, 0.1) is 20.2 Å². The number of amides is 2. The highest BCUT2D eigenvalue weighted by molar-refractivity contribution is 6.06. The average Bonchev–Trinajstić information content (AvgIpc) is 3.74. The summed E-state index contributed by atoms with van der Waals surface area (Å²) in [5, 5.41) is 23.9. The summed E-state index contributed by atoms with van der Waals surface area (Å²) in [5.41, 5.74) is -2.08. The molecule has 20 nitrogen and oxygen atoms in total. The van der Waals surface area contributed by atoms with E-state index in [1.165, 1.54) is 14.2 Å². The summed E-state index contributed by atoms with van der Waals surface area (Å²) in [6.07, 6.45) is 0.771. The van der Waals surface area contributed by atoms with Gasteiger partial charge in [0.2, 0.25) is 0 Å². The fourth-order valence-corrected chi connectivity index (χ4v) is 5.84. The van der Waals surface area contributed by atoms with Crippen molar-refractivity contribution < 1.29 is 67.0 Å². The predicted molar refractivity (Wildman–Crippen MR) is 177 cm³/mol. The van der Waals surface area contributed by atoms with Crippen LogP contribution in [0.4, 0.5) is 11.4 Å². The Hall–Kier alpha value is -6.34. The first-order chi connectivity index (χ1) is 25.3. The summed E-state index contributed by atoms with van der Waals surface area (Å²) in [7, 11) is 4.73. The molecule has 2 saturated heterocycles. The van der Waals surface area contributed by atoms with Crippen LogP contribution in [0.5, 0.6) is 23.0 Å². The molecule has 284 valence electrons. The first-order valence-corrected chi connectivity index (χ1v) is 16.1. The van der Waals surface area contributed by atoms with Gasteiger partial charge < -0.3 is 38.2 Å². The van der Waals surface area contributed by atoms with Crippen molar-refractivity contribution >= 4 is 46.7 Å². The lowest BCUT2D eigenvalue weighted by Crippen LogP contribution is -2.41. The number of ketones is 2. The Morgan fingerprint density at radius 2 is 1.02 bits per heavy atom. The van der Waals surface area contributed by atoms with Crippen LogP contribution in [-0.2, 0) is 28.7 Å². The molecule has 0 bridgehead atoms. The van der Waals surface area contributed by atoms with Gasteiger partial charge in [-0.1, -0.05) is 0 Å². The molecule has 0 N–H and O–H groups in total. The number of ether oxygens (including phenoxy) is 6. The van der Waals surface area contributed by atoms with Gasteiger partial charge >= 0.3 is 11.9 Å². The van der Waals surface area contributed by atoms with Crippen molar-refractivity contribution in [3.8, 4) is 23.0 Å². The van der Waals surface area contributed by atoms with Gasteiger partial charge in [-0.05, 0) is 19.3 Å². The van der Waals surface area contributed by atoms with E-state index in [9.17, 15) is 49.0 Å². The van der Waals surface area contributed by atoms with Gasteiger partial charge in [0.1, 0.15) is 23.2 Å². The number of carbonyl (C=O) groups excluding carboxylic acids is 6. The van der Waals surface area contributed by atoms with Crippen molar-refractivity contribution in [2.75, 3.05) is 54.7 Å². The average molecular weight is 745 g/mol. The van der Waals surface area contributed by atoms with Gasteiger partial charge in [0.05, 0.1) is 76.7 Å². The zero-order valence-corrected chi connectivity index (χ0v) is 29.1. The van der Waals surface area contributed by atoms with Crippen LogP contribution in [0.3, 0.4) is 0 Å². The predicted octanol–water partition coefficient (Wildman–Crippen LogP) is 2.06. The van der Waals surface area contributed by atoms with E-state index in [1.54, 1.807) is 0 Å². The summed E-state index contributed by atoms with van der Waals surface area (Å²) in [6.45, 7) is -0.725. The topological polar surface area (TPSA) is 251 Å². The largest absolute Gasteiger partial charge is 0.493 e. The van der Waals surface area contributed by atoms with Gasteiger partial charge in [0.25, 0.3) is 23.2 Å². The molecular weight excluding hydrogens is 708 g/mol. The zero-order valence-electron chi connectivity index (χ0n) is 29.1. The zero-order chi connectivity index (χ0) is 39.0. The number of Topliss-reactive ketones (excluding diaryl/α,β-unsaturated/α-hetero) is 2. The maximum Gasteiger partial charge on any atom is 0.329 e. The number of rotatable bonds is 16. The molecule has 2 aliphatic rings. The minimum Gasteiger partial charge on any atom is -0.493 e. The molecule has 2 aromatic carbocycles. The molecule has 0 aliphatic carbocycles. The van der Waals surface area contributed by atoms with E-state index in [0.717, 1.165) is 48.3 Å². The second-order valence-electron chi connectivity index (χ2n) is 11.7. The molecule has 2 aromatic rings. The molecule has 2 atom stereocenters. The number of esters is 2. The fourth-order valence-electron chi connectivity index (χ4n) is 5.84. The van der Waals surface area contributed by atoms with E-state index in [1.807, 2.05) is 0 Å². The van der Waals surface area contributed by atoms with E-state index in [2.05, 4.69) is 9.47 Å². The van der Waals surface area contributed by atoms with Crippen molar-refractivity contribution in [1.82, 2.24) is 9.80 Å². The smallest absolute Gasteiger partial charge is 0.329 e. The van der Waals surface area contributed by atoms with Crippen molar-refractivity contribution in [3.63, 3.8) is 0 Å². The molecule has 2 fully saturated rings. The first-order valence-electron chi connectivity index (χ1n) is 16.1. The summed E-state index contributed by atoms with van der Waals surface area (Å²) >= 11 is 0. The lowest BCUT2D eigenvalue weighted by Gasteiger charge is -2.22. The molecule has 20 heteroatoms. The number of benzene rings is 2. The molecule has 2 aliphatic heterocycles. The third-order valence-corrected chi connectivity index (χ3v) is 8.48. The number of hydrogen-bond donors (Lipinski definition) is 0. The molecule has 0 saturated carbocycles. The van der Waals surface area contributed by atoms with E-state index in [4.69, 9.17) is 18.9 Å². The number of nitro benzene ring substituents is 2. The van der Waals surface area contributed by atoms with Gasteiger partial charge in [-0.3, -0.25) is 39.4 Å². The number of hydrogen-bond acceptors (Lipinski definition) is 16. The molecule has 0 aromatic heterocycles. The minimum absolute atomic E-state index is 0.00445. The highest BCUT2D eigenvalue weighted by atomic mass is 16.6. The second kappa shape index (κ2) is 17.2. The van der Waals surface area contributed by atoms with Gasteiger partial charge in [0, 0.05) is 25.0 Å². The summed E-state index contributed by atoms with van der Waals surface area (Å²) in [6, 6.07) is 1.81. The van der Waals surface area contributed by atoms with Crippen molar-refractivity contribution in [2.24, 2.45) is 0 Å². The number of nitrogens with zero attached hydrogens (tertiary/aromatic N) is 4. The van der Waals surface area contributed by atoms with Gasteiger partial charge in [-0.2, -0.15) is 0 Å². The van der Waals surface area contributed by atoms with Gasteiger partial charge in [-0.15, -0.1) is 0 Å². The third kappa shape index (κ3) is 8.76. The third-order valence-electron chi connectivity index (χ3n) is 8.48. The van der Waals surface area contributed by atoms with Crippen LogP contribution >= 0.6 is 0 Å². The van der Waals surface area contributed by atoms with E-state index < -0.39 is 92.8 Å². The molecule has 2 heterocycles. The van der Waals surface area contributed by atoms with Crippen LogP contribution in [-0.4, -0.2) is 122 Å². The van der Waals surface area contributed by atoms with E-state index >= 15 is 0 Å². The number of carbonyl (C=O) groups is 6. The maximum absolute atomic E-state index is 13.3. The summed E-state index contributed by atoms with van der Waals surface area (Å²) in [5.74, 6) is -4.41. The Bertz CT molecular complexity index is 1700. The SMILES string of the molecule is COC(=O)C1CC(=O)CN1C(=O)c1cc(OC)c(OCCCCCOc2cc([N+](=O)[O-])c(C(=O)N3CC(=O)CC3C(=O)OC)cc2OC)cc1[N+](=O)[O-]. The molecule has 0 spiro atoms. The standard InChI is InChI=1S/C33H36N4O16/c1-48-26-12-20(30(40)34-16-18(38)10-24(34)32(42)50-3)22(36(44)45)14-28(26)52-8-6-5-7-9-53-29-15-23(37(46)47)21(13-27(29)49-2)31(41)35-17-19(39)11-25(35)33(43)51-4/h12-15,24-25H,5-11,16-17H2,1-4H3. The Labute approximate surface area is 301 Å². The normalized spacial score (nSPS) is 16.6. The lowest BCUT2D eigenvalue weighted by atomic mass is 10.1. The molecule has 2 amide bonds. The first kappa shape index (κ1) is 39.4. The second-order valence-corrected chi connectivity index (χ2v) is 11.7. The van der Waals surface area contributed by atoms with Crippen LogP contribution in [0.15, 0.2) is 24.3 Å². The quantitative estimate of drug-likeness (QED) is 0.103. The highest BCUT2D eigenvalue weighted by Crippen LogP contribution is 2.38. The Balaban J connectivity index is 1.38. The Kier molecular flexibility index (Phi) is 12.8. The molecule has 0 radical (unpaired) electrons. The van der Waals surface area contributed by atoms with Crippen molar-refractivity contribution in [1.29, 1.82) is 0 Å². The highest BCUT2D eigenvalue weighted by Gasteiger charge is 2.43. The number of unbranched alkanes of at least 4 members (excludes halogenated alkanes) is 2. The van der Waals surface area contributed by atoms with Crippen molar-refractivity contribution in [2.45, 2.75) is 44.2 Å².